The summed E-state index contributed by atoms with van der Waals surface area (Å²) < 4.78 is 0. The van der Waals surface area contributed by atoms with Gasteiger partial charge in [-0.1, -0.05) is 6.92 Å². The first-order chi connectivity index (χ1) is 11.1. The van der Waals surface area contributed by atoms with Crippen molar-refractivity contribution < 1.29 is 4.79 Å². The molecule has 2 aromatic rings. The van der Waals surface area contributed by atoms with Crippen LogP contribution in [0.1, 0.15) is 19.8 Å². The van der Waals surface area contributed by atoms with Crippen LogP contribution in [0, 0.1) is 17.2 Å². The molecule has 1 fully saturated rings. The van der Waals surface area contributed by atoms with Crippen molar-refractivity contribution in [2.24, 2.45) is 5.92 Å². The number of amides is 1. The molecular weight excluding hydrogens is 312 g/mol. The van der Waals surface area contributed by atoms with Gasteiger partial charge in [0.1, 0.15) is 23.1 Å². The molecule has 2 unspecified atom stereocenters. The molecule has 0 bridgehead atoms. The molecule has 0 saturated carbocycles. The lowest BCUT2D eigenvalue weighted by Gasteiger charge is -2.41. The lowest BCUT2D eigenvalue weighted by Crippen LogP contribution is -2.52. The third kappa shape index (κ3) is 2.97. The van der Waals surface area contributed by atoms with Crippen LogP contribution in [-0.4, -0.2) is 51.9 Å². The van der Waals surface area contributed by atoms with E-state index in [2.05, 4.69) is 26.8 Å². The fraction of sp³-hybridized carbons (Fsp3) is 0.533. The zero-order valence-electron chi connectivity index (χ0n) is 13.1. The Kier molecular flexibility index (Phi) is 4.39. The summed E-state index contributed by atoms with van der Waals surface area (Å²) in [4.78, 5) is 29.8. The van der Waals surface area contributed by atoms with Crippen molar-refractivity contribution in [2.75, 3.05) is 25.0 Å². The van der Waals surface area contributed by atoms with Crippen LogP contribution in [0.4, 0.5) is 5.82 Å². The molecule has 3 heterocycles. The topological polar surface area (TPSA) is 86.0 Å². The maximum atomic E-state index is 12.0. The number of carbonyl (C=O) groups excluding carboxylic acids is 1. The SMILES string of the molecule is CC1CCN(C(=O)CC#N)CC1N(C)c1ncnc2scnc12. The number of piperidine rings is 1. The standard InChI is InChI=1S/C15H18N6OS/c1-10-4-6-21(12(22)3-5-16)7-11(10)20(2)14-13-15(18-8-17-14)23-9-19-13/h8-11H,3-4,6-7H2,1-2H3. The maximum absolute atomic E-state index is 12.0. The molecular formula is C15H18N6OS. The number of nitrogens with zero attached hydrogens (tertiary/aromatic N) is 6. The van der Waals surface area contributed by atoms with Gasteiger partial charge < -0.3 is 9.80 Å². The zero-order chi connectivity index (χ0) is 16.4. The first-order valence-corrected chi connectivity index (χ1v) is 8.41. The molecule has 0 spiro atoms. The van der Waals surface area contributed by atoms with Crippen molar-refractivity contribution in [3.05, 3.63) is 11.8 Å². The monoisotopic (exact) mass is 330 g/mol. The lowest BCUT2D eigenvalue weighted by atomic mass is 9.92. The minimum Gasteiger partial charge on any atom is -0.353 e. The van der Waals surface area contributed by atoms with Gasteiger partial charge >= 0.3 is 0 Å². The normalized spacial score (nSPS) is 21.2. The van der Waals surface area contributed by atoms with E-state index in [4.69, 9.17) is 5.26 Å². The summed E-state index contributed by atoms with van der Waals surface area (Å²) in [7, 11) is 1.99. The average molecular weight is 330 g/mol. The van der Waals surface area contributed by atoms with Crippen LogP contribution in [0.2, 0.25) is 0 Å². The minimum atomic E-state index is -0.0979. The number of carbonyl (C=O) groups is 1. The van der Waals surface area contributed by atoms with E-state index in [1.807, 2.05) is 13.1 Å². The van der Waals surface area contributed by atoms with Crippen molar-refractivity contribution >= 4 is 33.4 Å². The smallest absolute Gasteiger partial charge is 0.236 e. The third-order valence-corrected chi connectivity index (χ3v) is 5.18. The van der Waals surface area contributed by atoms with Gasteiger partial charge in [-0.05, 0) is 12.3 Å². The van der Waals surface area contributed by atoms with E-state index in [1.165, 1.54) is 11.3 Å². The second-order valence-corrected chi connectivity index (χ2v) is 6.66. The highest BCUT2D eigenvalue weighted by Crippen LogP contribution is 2.29. The predicted molar refractivity (Wildman–Crippen MR) is 88.0 cm³/mol. The summed E-state index contributed by atoms with van der Waals surface area (Å²) in [5, 5.41) is 8.74. The summed E-state index contributed by atoms with van der Waals surface area (Å²) >= 11 is 1.49. The van der Waals surface area contributed by atoms with Crippen molar-refractivity contribution in [3.8, 4) is 6.07 Å². The van der Waals surface area contributed by atoms with Gasteiger partial charge in [0.15, 0.2) is 5.82 Å². The molecule has 2 atom stereocenters. The number of hydrogen-bond acceptors (Lipinski definition) is 7. The van der Waals surface area contributed by atoms with Gasteiger partial charge in [-0.2, -0.15) is 5.26 Å². The zero-order valence-corrected chi connectivity index (χ0v) is 14.0. The van der Waals surface area contributed by atoms with Crippen molar-refractivity contribution in [2.45, 2.75) is 25.8 Å². The van der Waals surface area contributed by atoms with E-state index >= 15 is 0 Å². The molecule has 1 aliphatic rings. The maximum Gasteiger partial charge on any atom is 0.236 e. The molecule has 2 aromatic heterocycles. The largest absolute Gasteiger partial charge is 0.353 e. The first kappa shape index (κ1) is 15.6. The summed E-state index contributed by atoms with van der Waals surface area (Å²) in [5.74, 6) is 1.12. The number of likely N-dealkylation sites (N-methyl/N-ethyl adjacent to an activating group) is 1. The van der Waals surface area contributed by atoms with E-state index in [9.17, 15) is 4.79 Å². The number of fused-ring (bicyclic) bond motifs is 1. The van der Waals surface area contributed by atoms with Gasteiger partial charge in [0.2, 0.25) is 5.91 Å². The lowest BCUT2D eigenvalue weighted by molar-refractivity contribution is -0.131. The molecule has 8 heteroatoms. The number of anilines is 1. The van der Waals surface area contributed by atoms with Crippen LogP contribution >= 0.6 is 11.3 Å². The quantitative estimate of drug-likeness (QED) is 0.851. The fourth-order valence-corrected chi connectivity index (χ4v) is 3.68. The van der Waals surface area contributed by atoms with Crippen molar-refractivity contribution in [3.63, 3.8) is 0 Å². The Morgan fingerprint density at radius 3 is 3.13 bits per heavy atom. The van der Waals surface area contributed by atoms with Crippen LogP contribution in [0.5, 0.6) is 0 Å². The number of rotatable bonds is 3. The predicted octanol–water partition coefficient (Wildman–Crippen LogP) is 1.67. The van der Waals surface area contributed by atoms with Gasteiger partial charge in [-0.25, -0.2) is 15.0 Å². The number of likely N-dealkylation sites (tertiary alicyclic amines) is 1. The van der Waals surface area contributed by atoms with Crippen LogP contribution in [-0.2, 0) is 4.79 Å². The van der Waals surface area contributed by atoms with Gasteiger partial charge in [-0.3, -0.25) is 4.79 Å². The van der Waals surface area contributed by atoms with Crippen molar-refractivity contribution in [1.29, 1.82) is 5.26 Å². The Balaban J connectivity index is 1.85. The molecule has 0 radical (unpaired) electrons. The Hall–Kier alpha value is -2.27. The van der Waals surface area contributed by atoms with E-state index in [1.54, 1.807) is 16.7 Å². The molecule has 1 aliphatic heterocycles. The molecule has 1 amide bonds. The van der Waals surface area contributed by atoms with E-state index in [0.717, 1.165) is 22.6 Å². The molecule has 120 valence electrons. The van der Waals surface area contributed by atoms with Gasteiger partial charge in [0, 0.05) is 20.1 Å². The molecule has 0 N–H and O–H groups in total. The van der Waals surface area contributed by atoms with E-state index < -0.39 is 0 Å². The fourth-order valence-electron chi connectivity index (χ4n) is 3.06. The average Bonchev–Trinajstić information content (AvgIpc) is 3.03. The Bertz CT molecular complexity index is 754. The van der Waals surface area contributed by atoms with Crippen LogP contribution < -0.4 is 4.90 Å². The van der Waals surface area contributed by atoms with Crippen LogP contribution in [0.15, 0.2) is 11.8 Å². The molecule has 0 aliphatic carbocycles. The third-order valence-electron chi connectivity index (χ3n) is 4.45. The van der Waals surface area contributed by atoms with Crippen LogP contribution in [0.3, 0.4) is 0 Å². The Labute approximate surface area is 138 Å². The van der Waals surface area contributed by atoms with Gasteiger partial charge in [0.25, 0.3) is 0 Å². The highest BCUT2D eigenvalue weighted by molar-refractivity contribution is 7.16. The second kappa shape index (κ2) is 6.46. The molecule has 1 saturated heterocycles. The minimum absolute atomic E-state index is 0.0609. The van der Waals surface area contributed by atoms with Gasteiger partial charge in [0.05, 0.1) is 17.6 Å². The summed E-state index contributed by atoms with van der Waals surface area (Å²) in [5.41, 5.74) is 2.57. The number of aromatic nitrogens is 3. The second-order valence-electron chi connectivity index (χ2n) is 5.82. The molecule has 3 rings (SSSR count). The molecule has 7 nitrogen and oxygen atoms in total. The van der Waals surface area contributed by atoms with E-state index in [0.29, 0.717) is 19.0 Å². The highest BCUT2D eigenvalue weighted by atomic mass is 32.1. The van der Waals surface area contributed by atoms with E-state index in [-0.39, 0.29) is 18.4 Å². The summed E-state index contributed by atoms with van der Waals surface area (Å²) in [6.45, 7) is 3.50. The summed E-state index contributed by atoms with van der Waals surface area (Å²) in [6.07, 6.45) is 2.41. The molecule has 23 heavy (non-hydrogen) atoms. The Morgan fingerprint density at radius 2 is 2.35 bits per heavy atom. The molecule has 0 aromatic carbocycles. The van der Waals surface area contributed by atoms with Crippen molar-refractivity contribution in [1.82, 2.24) is 19.9 Å². The first-order valence-electron chi connectivity index (χ1n) is 7.53. The number of hydrogen-bond donors (Lipinski definition) is 0. The van der Waals surface area contributed by atoms with Gasteiger partial charge in [-0.15, -0.1) is 11.3 Å². The van der Waals surface area contributed by atoms with Crippen LogP contribution in [0.25, 0.3) is 10.3 Å². The Morgan fingerprint density at radius 1 is 1.52 bits per heavy atom. The number of thiazole rings is 1. The number of nitriles is 1. The highest BCUT2D eigenvalue weighted by Gasteiger charge is 2.32. The summed E-state index contributed by atoms with van der Waals surface area (Å²) in [6, 6.07) is 2.08.